The van der Waals surface area contributed by atoms with E-state index in [9.17, 15) is 14.4 Å². The molecule has 6 nitrogen and oxygen atoms in total. The first-order valence-corrected chi connectivity index (χ1v) is 8.56. The van der Waals surface area contributed by atoms with Gasteiger partial charge in [0.05, 0.1) is 5.56 Å². The van der Waals surface area contributed by atoms with Gasteiger partial charge in [0.15, 0.2) is 0 Å². The molecule has 2 aliphatic heterocycles. The van der Waals surface area contributed by atoms with Gasteiger partial charge in [-0.1, -0.05) is 31.0 Å². The summed E-state index contributed by atoms with van der Waals surface area (Å²) in [4.78, 5) is 38.5. The van der Waals surface area contributed by atoms with E-state index in [2.05, 4.69) is 5.32 Å². The summed E-state index contributed by atoms with van der Waals surface area (Å²) in [6.45, 7) is 0. The van der Waals surface area contributed by atoms with Crippen LogP contribution >= 0.6 is 0 Å². The number of carbonyl (C=O) groups is 3. The van der Waals surface area contributed by atoms with E-state index in [1.54, 1.807) is 18.2 Å². The van der Waals surface area contributed by atoms with Crippen molar-refractivity contribution < 1.29 is 19.1 Å². The fourth-order valence-electron chi connectivity index (χ4n) is 3.95. The molecule has 2 fully saturated rings. The minimum absolute atomic E-state index is 0.131. The molecule has 0 radical (unpaired) electrons. The molecule has 2 amide bonds. The van der Waals surface area contributed by atoms with Gasteiger partial charge in [-0.15, -0.1) is 0 Å². The average molecular weight is 328 g/mol. The maximum atomic E-state index is 12.7. The van der Waals surface area contributed by atoms with Crippen LogP contribution in [0.2, 0.25) is 0 Å². The van der Waals surface area contributed by atoms with Crippen molar-refractivity contribution in [2.24, 2.45) is 0 Å². The van der Waals surface area contributed by atoms with Crippen LogP contribution in [-0.4, -0.2) is 34.8 Å². The standard InChI is InChI=1S/C18H20N2O4/c21-15-10-9-14(16(22)19-11-5-1-2-6-11)20(15)17-12-7-3-4-8-13(12)18(23)24-17/h3-4,7-8,11,14,17H,1-2,5-6,9-10H2,(H,19,22)/t14-,17?/m0/s1. The molecule has 2 atom stereocenters. The molecule has 1 saturated carbocycles. The number of nitrogens with one attached hydrogen (secondary N) is 1. The Kier molecular flexibility index (Phi) is 3.75. The van der Waals surface area contributed by atoms with Gasteiger partial charge in [-0.3, -0.25) is 14.5 Å². The van der Waals surface area contributed by atoms with Crippen LogP contribution in [0.3, 0.4) is 0 Å². The predicted octanol–water partition coefficient (Wildman–Crippen LogP) is 1.91. The largest absolute Gasteiger partial charge is 0.433 e. The van der Waals surface area contributed by atoms with Crippen molar-refractivity contribution in [2.75, 3.05) is 0 Å². The third-order valence-electron chi connectivity index (χ3n) is 5.18. The van der Waals surface area contributed by atoms with Gasteiger partial charge in [0, 0.05) is 18.0 Å². The fourth-order valence-corrected chi connectivity index (χ4v) is 3.95. The third kappa shape index (κ3) is 2.46. The summed E-state index contributed by atoms with van der Waals surface area (Å²) in [5, 5.41) is 3.06. The van der Waals surface area contributed by atoms with Crippen LogP contribution in [0.5, 0.6) is 0 Å². The zero-order valence-corrected chi connectivity index (χ0v) is 13.4. The van der Waals surface area contributed by atoms with Crippen molar-refractivity contribution in [2.45, 2.75) is 56.8 Å². The molecule has 1 aliphatic carbocycles. The van der Waals surface area contributed by atoms with Crippen LogP contribution in [0, 0.1) is 0 Å². The number of cyclic esters (lactones) is 1. The Hall–Kier alpha value is -2.37. The lowest BCUT2D eigenvalue weighted by molar-refractivity contribution is -0.146. The van der Waals surface area contributed by atoms with Crippen molar-refractivity contribution >= 4 is 17.8 Å². The minimum Gasteiger partial charge on any atom is -0.433 e. The highest BCUT2D eigenvalue weighted by atomic mass is 16.6. The van der Waals surface area contributed by atoms with E-state index in [4.69, 9.17) is 4.74 Å². The van der Waals surface area contributed by atoms with Gasteiger partial charge < -0.3 is 10.1 Å². The highest BCUT2D eigenvalue weighted by Gasteiger charge is 2.46. The lowest BCUT2D eigenvalue weighted by atomic mass is 10.1. The lowest BCUT2D eigenvalue weighted by Gasteiger charge is -2.30. The molecule has 1 aromatic rings. The number of hydrogen-bond donors (Lipinski definition) is 1. The van der Waals surface area contributed by atoms with Crippen molar-refractivity contribution in [1.29, 1.82) is 0 Å². The van der Waals surface area contributed by atoms with Crippen LogP contribution in [0.25, 0.3) is 0 Å². The van der Waals surface area contributed by atoms with E-state index in [0.717, 1.165) is 25.7 Å². The first kappa shape index (κ1) is 15.2. The van der Waals surface area contributed by atoms with Crippen LogP contribution in [-0.2, 0) is 14.3 Å². The molecule has 1 N–H and O–H groups in total. The Labute approximate surface area is 140 Å². The van der Waals surface area contributed by atoms with E-state index >= 15 is 0 Å². The normalized spacial score (nSPS) is 26.6. The van der Waals surface area contributed by atoms with Gasteiger partial charge in [0.1, 0.15) is 6.04 Å². The van der Waals surface area contributed by atoms with Gasteiger partial charge in [-0.2, -0.15) is 0 Å². The molecule has 1 saturated heterocycles. The van der Waals surface area contributed by atoms with Gasteiger partial charge >= 0.3 is 5.97 Å². The maximum Gasteiger partial charge on any atom is 0.340 e. The molecule has 0 aromatic heterocycles. The second-order valence-electron chi connectivity index (χ2n) is 6.69. The number of hydrogen-bond acceptors (Lipinski definition) is 4. The van der Waals surface area contributed by atoms with E-state index in [0.29, 0.717) is 24.0 Å². The third-order valence-corrected chi connectivity index (χ3v) is 5.18. The summed E-state index contributed by atoms with van der Waals surface area (Å²) in [5.74, 6) is -0.713. The molecular formula is C18H20N2O4. The molecule has 24 heavy (non-hydrogen) atoms. The summed E-state index contributed by atoms with van der Waals surface area (Å²) in [7, 11) is 0. The van der Waals surface area contributed by atoms with E-state index in [1.165, 1.54) is 4.90 Å². The monoisotopic (exact) mass is 328 g/mol. The number of nitrogens with zero attached hydrogens (tertiary/aromatic N) is 1. The number of amides is 2. The van der Waals surface area contributed by atoms with Gasteiger partial charge in [-0.05, 0) is 25.3 Å². The van der Waals surface area contributed by atoms with Crippen molar-refractivity contribution in [3.05, 3.63) is 35.4 Å². The van der Waals surface area contributed by atoms with E-state index < -0.39 is 18.2 Å². The Bertz CT molecular complexity index is 696. The number of ether oxygens (including phenoxy) is 1. The first-order valence-electron chi connectivity index (χ1n) is 8.56. The van der Waals surface area contributed by atoms with Crippen LogP contribution in [0.1, 0.15) is 60.7 Å². The van der Waals surface area contributed by atoms with Crippen molar-refractivity contribution in [3.63, 3.8) is 0 Å². The lowest BCUT2D eigenvalue weighted by Crippen LogP contribution is -2.48. The SMILES string of the molecule is O=C1OC(N2C(=O)CC[C@H]2C(=O)NC2CCCC2)c2ccccc21. The zero-order chi connectivity index (χ0) is 16.7. The number of esters is 1. The number of rotatable bonds is 3. The Morgan fingerprint density at radius 3 is 2.67 bits per heavy atom. The number of likely N-dealkylation sites (tertiary alicyclic amines) is 1. The molecular weight excluding hydrogens is 308 g/mol. The van der Waals surface area contributed by atoms with Crippen LogP contribution in [0.15, 0.2) is 24.3 Å². The summed E-state index contributed by atoms with van der Waals surface area (Å²) in [6, 6.07) is 6.67. The molecule has 1 aromatic carbocycles. The summed E-state index contributed by atoms with van der Waals surface area (Å²) in [5.41, 5.74) is 1.13. The second-order valence-corrected chi connectivity index (χ2v) is 6.69. The smallest absolute Gasteiger partial charge is 0.340 e. The Morgan fingerprint density at radius 2 is 1.88 bits per heavy atom. The first-order chi connectivity index (χ1) is 11.6. The van der Waals surface area contributed by atoms with E-state index in [1.807, 2.05) is 6.07 Å². The zero-order valence-electron chi connectivity index (χ0n) is 13.4. The topological polar surface area (TPSA) is 75.7 Å². The molecule has 126 valence electrons. The minimum atomic E-state index is -0.789. The molecule has 6 heteroatoms. The number of carbonyl (C=O) groups excluding carboxylic acids is 3. The summed E-state index contributed by atoms with van der Waals surface area (Å²) in [6.07, 6.45) is 4.23. The predicted molar refractivity (Wildman–Crippen MR) is 84.9 cm³/mol. The molecule has 3 aliphatic rings. The van der Waals surface area contributed by atoms with Crippen LogP contribution in [0.4, 0.5) is 0 Å². The van der Waals surface area contributed by atoms with Crippen LogP contribution < -0.4 is 5.32 Å². The molecule has 0 spiro atoms. The highest BCUT2D eigenvalue weighted by molar-refractivity contribution is 5.96. The fraction of sp³-hybridized carbons (Fsp3) is 0.500. The maximum absolute atomic E-state index is 12.7. The Balaban J connectivity index is 1.57. The average Bonchev–Trinajstić information content (AvgIpc) is 3.28. The van der Waals surface area contributed by atoms with E-state index in [-0.39, 0.29) is 17.9 Å². The quantitative estimate of drug-likeness (QED) is 0.860. The van der Waals surface area contributed by atoms with Crippen molar-refractivity contribution in [1.82, 2.24) is 10.2 Å². The Morgan fingerprint density at radius 1 is 1.12 bits per heavy atom. The van der Waals surface area contributed by atoms with Gasteiger partial charge in [-0.25, -0.2) is 4.79 Å². The summed E-state index contributed by atoms with van der Waals surface area (Å²) < 4.78 is 5.42. The number of benzene rings is 1. The summed E-state index contributed by atoms with van der Waals surface area (Å²) >= 11 is 0. The van der Waals surface area contributed by atoms with Gasteiger partial charge in [0.25, 0.3) is 0 Å². The molecule has 2 heterocycles. The highest BCUT2D eigenvalue weighted by Crippen LogP contribution is 2.38. The molecule has 1 unspecified atom stereocenters. The van der Waals surface area contributed by atoms with Gasteiger partial charge in [0.2, 0.25) is 18.0 Å². The van der Waals surface area contributed by atoms with Crippen molar-refractivity contribution in [3.8, 4) is 0 Å². The molecule has 4 rings (SSSR count). The second kappa shape index (κ2) is 5.92. The number of fused-ring (bicyclic) bond motifs is 1. The molecule has 0 bridgehead atoms.